The van der Waals surface area contributed by atoms with Crippen LogP contribution in [0.2, 0.25) is 0 Å². The van der Waals surface area contributed by atoms with Gasteiger partial charge in [0.25, 0.3) is 0 Å². The van der Waals surface area contributed by atoms with Crippen LogP contribution in [0.15, 0.2) is 22.7 Å². The van der Waals surface area contributed by atoms with Gasteiger partial charge in [-0.05, 0) is 40.8 Å². The average Bonchev–Trinajstić information content (AvgIpc) is 1.64. The first-order chi connectivity index (χ1) is 3.79. The van der Waals surface area contributed by atoms with Gasteiger partial charge in [0.2, 0.25) is 0 Å². The predicted molar refractivity (Wildman–Crippen MR) is 45.7 cm³/mol. The van der Waals surface area contributed by atoms with Crippen LogP contribution in [-0.2, 0) is 0 Å². The summed E-state index contributed by atoms with van der Waals surface area (Å²) in [6, 6.07) is 8.90. The zero-order chi connectivity index (χ0) is 5.98. The predicted octanol–water partition coefficient (Wildman–Crippen LogP) is 2.85. The molecule has 1 rings (SSSR count). The van der Waals surface area contributed by atoms with E-state index in [0.717, 1.165) is 4.47 Å². The molecule has 0 bridgehead atoms. The SMILES string of the molecule is Brc1[c]ccc(I)c1. The van der Waals surface area contributed by atoms with Gasteiger partial charge in [-0.2, -0.15) is 0 Å². The first-order valence-electron chi connectivity index (χ1n) is 2.12. The highest BCUT2D eigenvalue weighted by Crippen LogP contribution is 2.11. The Balaban J connectivity index is 3.08. The Morgan fingerprint density at radius 3 is 2.75 bits per heavy atom. The van der Waals surface area contributed by atoms with Crippen LogP contribution in [0.4, 0.5) is 0 Å². The van der Waals surface area contributed by atoms with Crippen molar-refractivity contribution in [3.63, 3.8) is 0 Å². The number of hydrogen-bond acceptors (Lipinski definition) is 0. The molecule has 41 valence electrons. The van der Waals surface area contributed by atoms with Crippen LogP contribution in [0, 0.1) is 9.64 Å². The van der Waals surface area contributed by atoms with Gasteiger partial charge in [-0.3, -0.25) is 0 Å². The smallest absolute Gasteiger partial charge is 0.0264 e. The highest BCUT2D eigenvalue weighted by molar-refractivity contribution is 14.1. The number of halogens is 2. The van der Waals surface area contributed by atoms with Crippen molar-refractivity contribution in [3.8, 4) is 0 Å². The molecule has 1 aromatic carbocycles. The van der Waals surface area contributed by atoms with E-state index in [-0.39, 0.29) is 0 Å². The number of rotatable bonds is 0. The van der Waals surface area contributed by atoms with E-state index in [1.165, 1.54) is 3.57 Å². The Hall–Kier alpha value is 0.430. The maximum Gasteiger partial charge on any atom is 0.0264 e. The van der Waals surface area contributed by atoms with E-state index < -0.39 is 0 Å². The van der Waals surface area contributed by atoms with E-state index in [9.17, 15) is 0 Å². The summed E-state index contributed by atoms with van der Waals surface area (Å²) in [4.78, 5) is 0. The van der Waals surface area contributed by atoms with Crippen molar-refractivity contribution in [1.82, 2.24) is 0 Å². The molecule has 0 unspecified atom stereocenters. The van der Waals surface area contributed by atoms with Gasteiger partial charge in [0.1, 0.15) is 0 Å². The number of benzene rings is 1. The second kappa shape index (κ2) is 2.82. The number of hydrogen-bond donors (Lipinski definition) is 0. The Bertz CT molecular complexity index is 168. The fraction of sp³-hybridized carbons (Fsp3) is 0. The largest absolute Gasteiger partial charge is 0.0522 e. The van der Waals surface area contributed by atoms with E-state index in [2.05, 4.69) is 44.6 Å². The molecular formula is C6H3BrI. The first kappa shape index (κ1) is 6.55. The van der Waals surface area contributed by atoms with Crippen LogP contribution < -0.4 is 0 Å². The second-order valence-electron chi connectivity index (χ2n) is 1.35. The van der Waals surface area contributed by atoms with Crippen LogP contribution in [-0.4, -0.2) is 0 Å². The molecule has 0 nitrogen and oxygen atoms in total. The highest BCUT2D eigenvalue weighted by Gasteiger charge is 1.84. The van der Waals surface area contributed by atoms with Crippen LogP contribution in [0.3, 0.4) is 0 Å². The topological polar surface area (TPSA) is 0 Å². The van der Waals surface area contributed by atoms with Gasteiger partial charge in [0.05, 0.1) is 0 Å². The fourth-order valence-corrected chi connectivity index (χ4v) is 1.71. The molecule has 0 saturated carbocycles. The fourth-order valence-electron chi connectivity index (χ4n) is 0.412. The third-order valence-electron chi connectivity index (χ3n) is 0.728. The Morgan fingerprint density at radius 1 is 1.62 bits per heavy atom. The lowest BCUT2D eigenvalue weighted by Crippen LogP contribution is -1.66. The minimum atomic E-state index is 1.02. The quantitative estimate of drug-likeness (QED) is 0.642. The molecular weight excluding hydrogens is 279 g/mol. The standard InChI is InChI=1S/C6H3BrI/c7-5-2-1-3-6(8)4-5/h1,3-4H. The molecule has 8 heavy (non-hydrogen) atoms. The van der Waals surface area contributed by atoms with Crippen LogP contribution in [0.5, 0.6) is 0 Å². The van der Waals surface area contributed by atoms with E-state index in [1.807, 2.05) is 18.2 Å². The third kappa shape index (κ3) is 1.74. The van der Waals surface area contributed by atoms with Gasteiger partial charge in [-0.15, -0.1) is 0 Å². The summed E-state index contributed by atoms with van der Waals surface area (Å²) >= 11 is 5.56. The molecule has 0 heterocycles. The summed E-state index contributed by atoms with van der Waals surface area (Å²) in [6.07, 6.45) is 0. The molecule has 0 aromatic heterocycles. The molecule has 0 fully saturated rings. The highest BCUT2D eigenvalue weighted by atomic mass is 127. The molecule has 0 aliphatic heterocycles. The maximum absolute atomic E-state index is 3.30. The van der Waals surface area contributed by atoms with Crippen molar-refractivity contribution in [2.45, 2.75) is 0 Å². The molecule has 1 radical (unpaired) electrons. The van der Waals surface area contributed by atoms with Gasteiger partial charge >= 0.3 is 0 Å². The van der Waals surface area contributed by atoms with Gasteiger partial charge in [-0.25, -0.2) is 0 Å². The zero-order valence-corrected chi connectivity index (χ0v) is 7.73. The average molecular weight is 282 g/mol. The molecule has 0 atom stereocenters. The Kier molecular flexibility index (Phi) is 2.31. The lowest BCUT2D eigenvalue weighted by Gasteiger charge is -1.86. The van der Waals surface area contributed by atoms with E-state index >= 15 is 0 Å². The van der Waals surface area contributed by atoms with Crippen molar-refractivity contribution in [3.05, 3.63) is 32.3 Å². The van der Waals surface area contributed by atoms with Crippen molar-refractivity contribution in [2.75, 3.05) is 0 Å². The van der Waals surface area contributed by atoms with E-state index in [4.69, 9.17) is 0 Å². The molecule has 0 aliphatic rings. The van der Waals surface area contributed by atoms with Crippen molar-refractivity contribution in [1.29, 1.82) is 0 Å². The summed E-state index contributed by atoms with van der Waals surface area (Å²) < 4.78 is 2.25. The summed E-state index contributed by atoms with van der Waals surface area (Å²) in [6.45, 7) is 0. The molecule has 0 saturated heterocycles. The maximum atomic E-state index is 3.30. The summed E-state index contributed by atoms with van der Waals surface area (Å²) in [5.41, 5.74) is 0. The molecule has 0 spiro atoms. The zero-order valence-electron chi connectivity index (χ0n) is 3.99. The van der Waals surface area contributed by atoms with Gasteiger partial charge in [0.15, 0.2) is 0 Å². The molecule has 2 heteroatoms. The molecule has 0 amide bonds. The van der Waals surface area contributed by atoms with Crippen molar-refractivity contribution < 1.29 is 0 Å². The summed E-state index contributed by atoms with van der Waals surface area (Å²) in [7, 11) is 0. The van der Waals surface area contributed by atoms with Gasteiger partial charge < -0.3 is 0 Å². The van der Waals surface area contributed by atoms with Crippen molar-refractivity contribution >= 4 is 38.5 Å². The van der Waals surface area contributed by atoms with Crippen LogP contribution in [0.1, 0.15) is 0 Å². The van der Waals surface area contributed by atoms with Crippen molar-refractivity contribution in [2.24, 2.45) is 0 Å². The van der Waals surface area contributed by atoms with Crippen LogP contribution in [0.25, 0.3) is 0 Å². The normalized spacial score (nSPS) is 9.25. The lowest BCUT2D eigenvalue weighted by atomic mass is 10.4. The third-order valence-corrected chi connectivity index (χ3v) is 1.86. The monoisotopic (exact) mass is 281 g/mol. The summed E-state index contributed by atoms with van der Waals surface area (Å²) in [5.74, 6) is 0. The minimum Gasteiger partial charge on any atom is -0.0522 e. The van der Waals surface area contributed by atoms with E-state index in [1.54, 1.807) is 0 Å². The Labute approximate surface area is 70.6 Å². The van der Waals surface area contributed by atoms with Gasteiger partial charge in [-0.1, -0.05) is 22.0 Å². The Morgan fingerprint density at radius 2 is 2.38 bits per heavy atom. The summed E-state index contributed by atoms with van der Waals surface area (Å²) in [5, 5.41) is 0. The minimum absolute atomic E-state index is 1.02. The molecule has 0 N–H and O–H groups in total. The van der Waals surface area contributed by atoms with Gasteiger partial charge in [0, 0.05) is 8.04 Å². The van der Waals surface area contributed by atoms with Crippen LogP contribution >= 0.6 is 38.5 Å². The molecule has 1 aromatic rings. The second-order valence-corrected chi connectivity index (χ2v) is 3.45. The van der Waals surface area contributed by atoms with E-state index in [0.29, 0.717) is 0 Å². The first-order valence-corrected chi connectivity index (χ1v) is 3.99. The lowest BCUT2D eigenvalue weighted by molar-refractivity contribution is 1.58. The molecule has 0 aliphatic carbocycles.